The molecule has 1 saturated carbocycles. The summed E-state index contributed by atoms with van der Waals surface area (Å²) < 4.78 is 0. The molecule has 3 N–H and O–H groups in total. The molecule has 1 atom stereocenters. The number of hydrazine groups is 1. The Bertz CT molecular complexity index is 588. The second kappa shape index (κ2) is 6.00. The Morgan fingerprint density at radius 2 is 1.86 bits per heavy atom. The van der Waals surface area contributed by atoms with Gasteiger partial charge in [-0.25, -0.2) is 0 Å². The molecule has 0 saturated heterocycles. The first kappa shape index (κ1) is 14.3. The van der Waals surface area contributed by atoms with Crippen LogP contribution in [0.5, 0.6) is 0 Å². The molecular formula is C19H24N2. The minimum absolute atomic E-state index is 0.168. The van der Waals surface area contributed by atoms with Gasteiger partial charge in [0.1, 0.15) is 0 Å². The molecule has 110 valence electrons. The van der Waals surface area contributed by atoms with E-state index in [0.717, 1.165) is 6.42 Å². The van der Waals surface area contributed by atoms with Gasteiger partial charge in [0.25, 0.3) is 0 Å². The number of rotatable bonds is 6. The van der Waals surface area contributed by atoms with Crippen molar-refractivity contribution in [1.29, 1.82) is 0 Å². The molecule has 2 aromatic rings. The molecule has 0 amide bonds. The average Bonchev–Trinajstić information content (AvgIpc) is 3.31. The van der Waals surface area contributed by atoms with Gasteiger partial charge in [-0.15, -0.1) is 0 Å². The molecule has 1 aliphatic rings. The van der Waals surface area contributed by atoms with Crippen molar-refractivity contribution in [3.05, 3.63) is 71.3 Å². The van der Waals surface area contributed by atoms with E-state index in [1.165, 1.54) is 36.0 Å². The van der Waals surface area contributed by atoms with E-state index in [4.69, 9.17) is 5.84 Å². The lowest BCUT2D eigenvalue weighted by Crippen LogP contribution is -2.36. The van der Waals surface area contributed by atoms with Gasteiger partial charge in [0.2, 0.25) is 0 Å². The minimum atomic E-state index is 0.168. The van der Waals surface area contributed by atoms with Crippen LogP contribution in [0, 0.1) is 0 Å². The maximum Gasteiger partial charge on any atom is 0.0556 e. The molecule has 2 nitrogen and oxygen atoms in total. The summed E-state index contributed by atoms with van der Waals surface area (Å²) in [4.78, 5) is 0. The first-order valence-corrected chi connectivity index (χ1v) is 7.90. The van der Waals surface area contributed by atoms with Gasteiger partial charge in [-0.3, -0.25) is 11.3 Å². The molecule has 1 unspecified atom stereocenters. The number of hydrogen-bond acceptors (Lipinski definition) is 2. The fourth-order valence-corrected chi connectivity index (χ4v) is 3.44. The van der Waals surface area contributed by atoms with Crippen molar-refractivity contribution in [2.45, 2.75) is 44.1 Å². The maximum atomic E-state index is 5.94. The highest BCUT2D eigenvalue weighted by Crippen LogP contribution is 2.56. The van der Waals surface area contributed by atoms with Gasteiger partial charge in [-0.1, -0.05) is 67.9 Å². The van der Waals surface area contributed by atoms with Gasteiger partial charge >= 0.3 is 0 Å². The smallest absolute Gasteiger partial charge is 0.0556 e. The largest absolute Gasteiger partial charge is 0.271 e. The summed E-state index contributed by atoms with van der Waals surface area (Å²) >= 11 is 0. The van der Waals surface area contributed by atoms with E-state index in [1.54, 1.807) is 0 Å². The van der Waals surface area contributed by atoms with E-state index in [9.17, 15) is 0 Å². The van der Waals surface area contributed by atoms with Crippen molar-refractivity contribution >= 4 is 0 Å². The van der Waals surface area contributed by atoms with Crippen molar-refractivity contribution in [3.63, 3.8) is 0 Å². The molecule has 0 aromatic heterocycles. The zero-order valence-electron chi connectivity index (χ0n) is 12.7. The third-order valence-corrected chi connectivity index (χ3v) is 4.68. The van der Waals surface area contributed by atoms with Crippen LogP contribution in [0.4, 0.5) is 0 Å². The average molecular weight is 280 g/mol. The van der Waals surface area contributed by atoms with Gasteiger partial charge < -0.3 is 0 Å². The van der Waals surface area contributed by atoms with Crippen molar-refractivity contribution in [3.8, 4) is 0 Å². The standard InChI is InChI=1S/C19H24N2/c1-2-7-15-8-6-9-16(14-15)18(21-20)19(12-13-19)17-10-4-3-5-11-17/h3-6,8-11,14,18,21H,2,7,12-13,20H2,1H3. The Morgan fingerprint density at radius 1 is 1.10 bits per heavy atom. The van der Waals surface area contributed by atoms with E-state index >= 15 is 0 Å². The molecular weight excluding hydrogens is 256 g/mol. The number of benzene rings is 2. The zero-order valence-corrected chi connectivity index (χ0v) is 12.7. The predicted molar refractivity (Wildman–Crippen MR) is 87.9 cm³/mol. The highest BCUT2D eigenvalue weighted by atomic mass is 15.2. The topological polar surface area (TPSA) is 38.0 Å². The molecule has 0 aliphatic heterocycles. The quantitative estimate of drug-likeness (QED) is 0.622. The van der Waals surface area contributed by atoms with Crippen LogP contribution in [0.15, 0.2) is 54.6 Å². The molecule has 3 rings (SSSR count). The number of nitrogens with one attached hydrogen (secondary N) is 1. The van der Waals surface area contributed by atoms with E-state index in [1.807, 2.05) is 0 Å². The van der Waals surface area contributed by atoms with E-state index in [0.29, 0.717) is 0 Å². The SMILES string of the molecule is CCCc1cccc(C(NN)C2(c3ccccc3)CC2)c1. The molecule has 21 heavy (non-hydrogen) atoms. The van der Waals surface area contributed by atoms with Gasteiger partial charge in [-0.05, 0) is 36.0 Å². The van der Waals surface area contributed by atoms with Gasteiger partial charge in [0.05, 0.1) is 6.04 Å². The normalized spacial score (nSPS) is 17.4. The van der Waals surface area contributed by atoms with Crippen LogP contribution in [0.25, 0.3) is 0 Å². The van der Waals surface area contributed by atoms with Crippen molar-refractivity contribution in [2.75, 3.05) is 0 Å². The van der Waals surface area contributed by atoms with Gasteiger partial charge in [0.15, 0.2) is 0 Å². The highest BCUT2D eigenvalue weighted by Gasteiger charge is 2.50. The van der Waals surface area contributed by atoms with Crippen molar-refractivity contribution < 1.29 is 0 Å². The molecule has 0 radical (unpaired) electrons. The first-order valence-electron chi connectivity index (χ1n) is 7.90. The lowest BCUT2D eigenvalue weighted by atomic mass is 9.83. The Morgan fingerprint density at radius 3 is 2.48 bits per heavy atom. The lowest BCUT2D eigenvalue weighted by molar-refractivity contribution is 0.439. The van der Waals surface area contributed by atoms with Gasteiger partial charge in [-0.2, -0.15) is 0 Å². The second-order valence-corrected chi connectivity index (χ2v) is 6.12. The fraction of sp³-hybridized carbons (Fsp3) is 0.368. The summed E-state index contributed by atoms with van der Waals surface area (Å²) in [5.74, 6) is 5.94. The number of nitrogens with two attached hydrogens (primary N) is 1. The van der Waals surface area contributed by atoms with Crippen LogP contribution >= 0.6 is 0 Å². The van der Waals surface area contributed by atoms with Crippen molar-refractivity contribution in [2.24, 2.45) is 5.84 Å². The Kier molecular flexibility index (Phi) is 4.09. The summed E-state index contributed by atoms with van der Waals surface area (Å²) in [6, 6.07) is 19.9. The van der Waals surface area contributed by atoms with Crippen LogP contribution in [-0.2, 0) is 11.8 Å². The summed E-state index contributed by atoms with van der Waals surface area (Å²) in [5, 5.41) is 0. The maximum absolute atomic E-state index is 5.94. The van der Waals surface area contributed by atoms with E-state index in [2.05, 4.69) is 66.9 Å². The zero-order chi connectivity index (χ0) is 14.7. The molecule has 0 bridgehead atoms. The molecule has 2 heteroatoms. The van der Waals surface area contributed by atoms with Crippen molar-refractivity contribution in [1.82, 2.24) is 5.43 Å². The molecule has 2 aromatic carbocycles. The Balaban J connectivity index is 1.94. The van der Waals surface area contributed by atoms with Crippen LogP contribution in [0.3, 0.4) is 0 Å². The third-order valence-electron chi connectivity index (χ3n) is 4.68. The molecule has 0 heterocycles. The second-order valence-electron chi connectivity index (χ2n) is 6.12. The lowest BCUT2D eigenvalue weighted by Gasteiger charge is -2.28. The fourth-order valence-electron chi connectivity index (χ4n) is 3.44. The van der Waals surface area contributed by atoms with E-state index < -0.39 is 0 Å². The summed E-state index contributed by atoms with van der Waals surface area (Å²) in [6.07, 6.45) is 4.70. The molecule has 0 spiro atoms. The monoisotopic (exact) mass is 280 g/mol. The van der Waals surface area contributed by atoms with Gasteiger partial charge in [0, 0.05) is 5.41 Å². The molecule has 1 aliphatic carbocycles. The third kappa shape index (κ3) is 2.74. The summed E-state index contributed by atoms with van der Waals surface area (Å²) in [5.41, 5.74) is 7.37. The summed E-state index contributed by atoms with van der Waals surface area (Å²) in [7, 11) is 0. The first-order chi connectivity index (χ1) is 10.3. The van der Waals surface area contributed by atoms with Crippen LogP contribution in [-0.4, -0.2) is 0 Å². The van der Waals surface area contributed by atoms with Crippen LogP contribution in [0.1, 0.15) is 48.9 Å². The number of aryl methyl sites for hydroxylation is 1. The highest BCUT2D eigenvalue weighted by molar-refractivity contribution is 5.39. The Hall–Kier alpha value is -1.64. The minimum Gasteiger partial charge on any atom is -0.271 e. The van der Waals surface area contributed by atoms with Crippen LogP contribution < -0.4 is 11.3 Å². The Labute approximate surface area is 127 Å². The van der Waals surface area contributed by atoms with Crippen LogP contribution in [0.2, 0.25) is 0 Å². The number of hydrogen-bond donors (Lipinski definition) is 2. The predicted octanol–water partition coefficient (Wildman–Crippen LogP) is 3.88. The summed E-state index contributed by atoms with van der Waals surface area (Å²) in [6.45, 7) is 2.22. The molecule has 1 fully saturated rings. The van der Waals surface area contributed by atoms with E-state index in [-0.39, 0.29) is 11.5 Å².